The van der Waals surface area contributed by atoms with Gasteiger partial charge in [-0.05, 0) is 25.8 Å². The summed E-state index contributed by atoms with van der Waals surface area (Å²) in [6.45, 7) is 4.54. The van der Waals surface area contributed by atoms with Gasteiger partial charge in [-0.1, -0.05) is 6.92 Å². The minimum absolute atomic E-state index is 0.229. The van der Waals surface area contributed by atoms with Crippen LogP contribution < -0.4 is 11.1 Å². The lowest BCUT2D eigenvalue weighted by Crippen LogP contribution is -2.55. The first-order valence-corrected chi connectivity index (χ1v) is 8.20. The van der Waals surface area contributed by atoms with Crippen molar-refractivity contribution >= 4 is 16.7 Å². The number of carbonyl (C=O) groups is 1. The van der Waals surface area contributed by atoms with Crippen LogP contribution >= 0.6 is 0 Å². The number of nitrogens with one attached hydrogen (secondary N) is 1. The number of nitrogens with two attached hydrogens (primary N) is 1. The van der Waals surface area contributed by atoms with E-state index < -0.39 is 16.3 Å². The number of carbonyl (C=O) groups excluding carboxylic acids is 1. The molecular formula is C12H23N3O2S. The smallest absolute Gasteiger partial charge is 0.237 e. The van der Waals surface area contributed by atoms with Gasteiger partial charge in [-0.25, -0.2) is 0 Å². The van der Waals surface area contributed by atoms with Crippen LogP contribution in [0.5, 0.6) is 0 Å². The zero-order valence-corrected chi connectivity index (χ0v) is 11.8. The number of primary amides is 1. The van der Waals surface area contributed by atoms with Crippen LogP contribution in [0.3, 0.4) is 0 Å². The molecule has 0 aromatic heterocycles. The SMILES string of the molecule is CCNC1(C(N)=O)CCC(N2CCS(=O)CC2)C1. The topological polar surface area (TPSA) is 75.4 Å². The van der Waals surface area contributed by atoms with Crippen molar-refractivity contribution in [3.63, 3.8) is 0 Å². The molecule has 2 rings (SSSR count). The van der Waals surface area contributed by atoms with Crippen LogP contribution in [0.25, 0.3) is 0 Å². The van der Waals surface area contributed by atoms with Gasteiger partial charge in [0.2, 0.25) is 5.91 Å². The molecule has 18 heavy (non-hydrogen) atoms. The molecule has 1 aliphatic heterocycles. The molecule has 6 heteroatoms. The van der Waals surface area contributed by atoms with Crippen LogP contribution in [0.1, 0.15) is 26.2 Å². The average Bonchev–Trinajstić information content (AvgIpc) is 2.76. The van der Waals surface area contributed by atoms with Crippen molar-refractivity contribution in [3.05, 3.63) is 0 Å². The zero-order chi connectivity index (χ0) is 13.2. The second-order valence-corrected chi connectivity index (χ2v) is 6.95. The summed E-state index contributed by atoms with van der Waals surface area (Å²) in [5, 5.41) is 3.27. The van der Waals surface area contributed by atoms with Crippen LogP contribution in [-0.2, 0) is 15.6 Å². The van der Waals surface area contributed by atoms with E-state index in [1.807, 2.05) is 6.92 Å². The van der Waals surface area contributed by atoms with Crippen LogP contribution in [0.4, 0.5) is 0 Å². The number of hydrogen-bond acceptors (Lipinski definition) is 4. The molecule has 2 fully saturated rings. The van der Waals surface area contributed by atoms with E-state index in [0.717, 1.165) is 50.4 Å². The summed E-state index contributed by atoms with van der Waals surface area (Å²) < 4.78 is 11.4. The molecule has 0 spiro atoms. The standard InChI is InChI=1S/C12H23N3O2S/c1-2-14-12(11(13)16)4-3-10(9-12)15-5-7-18(17)8-6-15/h10,14H,2-9H2,1H3,(H2,13,16). The number of likely N-dealkylation sites (N-methyl/N-ethyl adjacent to an activating group) is 1. The summed E-state index contributed by atoms with van der Waals surface area (Å²) in [5.41, 5.74) is 5.05. The predicted molar refractivity (Wildman–Crippen MR) is 72.7 cm³/mol. The van der Waals surface area contributed by atoms with E-state index in [1.54, 1.807) is 0 Å². The quantitative estimate of drug-likeness (QED) is 0.720. The monoisotopic (exact) mass is 273 g/mol. The van der Waals surface area contributed by atoms with Gasteiger partial charge < -0.3 is 11.1 Å². The third-order valence-electron chi connectivity index (χ3n) is 4.20. The molecule has 1 saturated carbocycles. The molecule has 1 heterocycles. The lowest BCUT2D eigenvalue weighted by molar-refractivity contribution is -0.124. The molecule has 0 radical (unpaired) electrons. The molecular weight excluding hydrogens is 250 g/mol. The Morgan fingerprint density at radius 2 is 2.17 bits per heavy atom. The molecule has 104 valence electrons. The number of nitrogens with zero attached hydrogens (tertiary/aromatic N) is 1. The van der Waals surface area contributed by atoms with Gasteiger partial charge in [0.1, 0.15) is 0 Å². The van der Waals surface area contributed by atoms with Crippen LogP contribution in [0, 0.1) is 0 Å². The predicted octanol–water partition coefficient (Wildman–Crippen LogP) is -0.563. The number of rotatable bonds is 4. The molecule has 2 unspecified atom stereocenters. The second kappa shape index (κ2) is 5.67. The lowest BCUT2D eigenvalue weighted by atomic mass is 9.96. The zero-order valence-electron chi connectivity index (χ0n) is 11.0. The Bertz CT molecular complexity index is 340. The fraction of sp³-hybridized carbons (Fsp3) is 0.917. The van der Waals surface area contributed by atoms with Crippen molar-refractivity contribution in [3.8, 4) is 0 Å². The number of hydrogen-bond donors (Lipinski definition) is 2. The van der Waals surface area contributed by atoms with E-state index in [4.69, 9.17) is 5.73 Å². The minimum atomic E-state index is -0.641. The molecule has 0 aromatic rings. The van der Waals surface area contributed by atoms with Gasteiger partial charge in [0, 0.05) is 41.4 Å². The summed E-state index contributed by atoms with van der Waals surface area (Å²) in [7, 11) is -0.641. The summed E-state index contributed by atoms with van der Waals surface area (Å²) >= 11 is 0. The Kier molecular flexibility index (Phi) is 4.40. The van der Waals surface area contributed by atoms with Gasteiger partial charge in [-0.15, -0.1) is 0 Å². The van der Waals surface area contributed by atoms with Gasteiger partial charge in [0.05, 0.1) is 5.54 Å². The molecule has 2 aliphatic rings. The molecule has 0 bridgehead atoms. The highest BCUT2D eigenvalue weighted by molar-refractivity contribution is 7.85. The van der Waals surface area contributed by atoms with Gasteiger partial charge in [0.15, 0.2) is 0 Å². The third-order valence-corrected chi connectivity index (χ3v) is 5.48. The van der Waals surface area contributed by atoms with Gasteiger partial charge in [0.25, 0.3) is 0 Å². The highest BCUT2D eigenvalue weighted by atomic mass is 32.2. The summed E-state index contributed by atoms with van der Waals surface area (Å²) in [4.78, 5) is 14.1. The van der Waals surface area contributed by atoms with Crippen molar-refractivity contribution in [2.24, 2.45) is 5.73 Å². The lowest BCUT2D eigenvalue weighted by Gasteiger charge is -2.33. The van der Waals surface area contributed by atoms with Crippen molar-refractivity contribution in [1.29, 1.82) is 0 Å². The van der Waals surface area contributed by atoms with Gasteiger partial charge >= 0.3 is 0 Å². The second-order valence-electron chi connectivity index (χ2n) is 5.26. The maximum atomic E-state index is 11.7. The Balaban J connectivity index is 1.98. The molecule has 0 aromatic carbocycles. The average molecular weight is 273 g/mol. The van der Waals surface area contributed by atoms with Crippen LogP contribution in [0.2, 0.25) is 0 Å². The number of amides is 1. The highest BCUT2D eigenvalue weighted by Crippen LogP contribution is 2.33. The molecule has 1 saturated heterocycles. The van der Waals surface area contributed by atoms with E-state index in [1.165, 1.54) is 0 Å². The van der Waals surface area contributed by atoms with Crippen LogP contribution in [0.15, 0.2) is 0 Å². The Morgan fingerprint density at radius 3 is 2.72 bits per heavy atom. The largest absolute Gasteiger partial charge is 0.368 e. The van der Waals surface area contributed by atoms with E-state index in [-0.39, 0.29) is 5.91 Å². The summed E-state index contributed by atoms with van der Waals surface area (Å²) in [5.74, 6) is 1.30. The van der Waals surface area contributed by atoms with E-state index in [9.17, 15) is 9.00 Å². The first kappa shape index (κ1) is 14.0. The maximum Gasteiger partial charge on any atom is 0.237 e. The molecule has 3 N–H and O–H groups in total. The van der Waals surface area contributed by atoms with Gasteiger partial charge in [-0.3, -0.25) is 13.9 Å². The molecule has 1 aliphatic carbocycles. The highest BCUT2D eigenvalue weighted by Gasteiger charge is 2.45. The van der Waals surface area contributed by atoms with E-state index in [2.05, 4.69) is 10.2 Å². The van der Waals surface area contributed by atoms with Gasteiger partial charge in [-0.2, -0.15) is 0 Å². The normalized spacial score (nSPS) is 34.8. The fourth-order valence-corrected chi connectivity index (χ4v) is 4.24. The van der Waals surface area contributed by atoms with E-state index >= 15 is 0 Å². The molecule has 5 nitrogen and oxygen atoms in total. The minimum Gasteiger partial charge on any atom is -0.368 e. The van der Waals surface area contributed by atoms with Crippen LogP contribution in [-0.4, -0.2) is 57.7 Å². The summed E-state index contributed by atoms with van der Waals surface area (Å²) in [6, 6.07) is 0.411. The third kappa shape index (κ3) is 2.75. The van der Waals surface area contributed by atoms with E-state index in [0.29, 0.717) is 6.04 Å². The Labute approximate surface area is 111 Å². The Hall–Kier alpha value is -0.460. The Morgan fingerprint density at radius 1 is 1.50 bits per heavy atom. The molecule has 2 atom stereocenters. The van der Waals surface area contributed by atoms with Crippen molar-refractivity contribution < 1.29 is 9.00 Å². The fourth-order valence-electron chi connectivity index (χ4n) is 3.16. The maximum absolute atomic E-state index is 11.7. The van der Waals surface area contributed by atoms with Crippen molar-refractivity contribution in [2.75, 3.05) is 31.1 Å². The summed E-state index contributed by atoms with van der Waals surface area (Å²) in [6.07, 6.45) is 2.62. The first-order valence-electron chi connectivity index (χ1n) is 6.71. The molecule has 1 amide bonds. The first-order chi connectivity index (χ1) is 8.57. The van der Waals surface area contributed by atoms with Crippen molar-refractivity contribution in [1.82, 2.24) is 10.2 Å². The van der Waals surface area contributed by atoms with Crippen molar-refractivity contribution in [2.45, 2.75) is 37.8 Å².